The van der Waals surface area contributed by atoms with E-state index in [4.69, 9.17) is 0 Å². The van der Waals surface area contributed by atoms with E-state index in [1.807, 2.05) is 4.57 Å². The predicted molar refractivity (Wildman–Crippen MR) is 126 cm³/mol. The first-order valence-corrected chi connectivity index (χ1v) is 11.2. The molecule has 3 N–H and O–H groups in total. The minimum atomic E-state index is -1.00. The number of phenolic OH excluding ortho intramolecular Hbond substituents is 1. The molecular weight excluding hydrogens is 450 g/mol. The van der Waals surface area contributed by atoms with E-state index in [9.17, 15) is 19.8 Å². The Morgan fingerprint density at radius 2 is 1.89 bits per heavy atom. The Morgan fingerprint density at radius 1 is 1.11 bits per heavy atom. The molecule has 1 amide bonds. The average molecular weight is 476 g/mol. The quantitative estimate of drug-likeness (QED) is 0.317. The lowest BCUT2D eigenvalue weighted by atomic mass is 10.1. The Kier molecular flexibility index (Phi) is 7.15. The lowest BCUT2D eigenvalue weighted by molar-refractivity contribution is 0.0696. The molecule has 2 heterocycles. The number of carboxylic acid groups (broad SMARTS) is 1. The number of H-pyrrole nitrogens is 1. The first-order valence-electron chi connectivity index (χ1n) is 11.2. The van der Waals surface area contributed by atoms with Crippen molar-refractivity contribution < 1.29 is 19.8 Å². The predicted octanol–water partition coefficient (Wildman–Crippen LogP) is 3.04. The Labute approximate surface area is 201 Å². The number of unbranched alkanes of at least 4 members (excludes halogenated alkanes) is 1. The monoisotopic (exact) mass is 475 g/mol. The largest absolute Gasteiger partial charge is 0.508 e. The molecule has 180 valence electrons. The molecule has 4 aromatic rings. The number of rotatable bonds is 10. The van der Waals surface area contributed by atoms with Crippen LogP contribution in [-0.2, 0) is 19.5 Å². The van der Waals surface area contributed by atoms with Gasteiger partial charge >= 0.3 is 5.97 Å². The van der Waals surface area contributed by atoms with Gasteiger partial charge in [-0.2, -0.15) is 5.21 Å². The lowest BCUT2D eigenvalue weighted by Crippen LogP contribution is -2.33. The second kappa shape index (κ2) is 10.6. The van der Waals surface area contributed by atoms with E-state index in [0.29, 0.717) is 24.2 Å². The molecule has 0 saturated carbocycles. The van der Waals surface area contributed by atoms with Crippen LogP contribution in [0.2, 0.25) is 0 Å². The van der Waals surface area contributed by atoms with Gasteiger partial charge in [0.25, 0.3) is 11.9 Å². The van der Waals surface area contributed by atoms with Gasteiger partial charge in [0, 0.05) is 18.5 Å². The van der Waals surface area contributed by atoms with Crippen molar-refractivity contribution >= 4 is 17.8 Å². The maximum absolute atomic E-state index is 13.8. The summed E-state index contributed by atoms with van der Waals surface area (Å²) in [5.41, 5.74) is 1.85. The molecule has 0 fully saturated rings. The van der Waals surface area contributed by atoms with E-state index < -0.39 is 11.9 Å². The molecule has 0 aliphatic rings. The highest BCUT2D eigenvalue weighted by Crippen LogP contribution is 2.23. The number of para-hydroxylation sites is 1. The summed E-state index contributed by atoms with van der Waals surface area (Å²) in [4.78, 5) is 30.8. The molecule has 0 saturated heterocycles. The Morgan fingerprint density at radius 3 is 2.54 bits per heavy atom. The van der Waals surface area contributed by atoms with Gasteiger partial charge in [-0.25, -0.2) is 9.78 Å². The van der Waals surface area contributed by atoms with Crippen molar-refractivity contribution in [2.75, 3.05) is 4.90 Å². The number of aromatic hydroxyl groups is 1. The van der Waals surface area contributed by atoms with Gasteiger partial charge in [0.15, 0.2) is 0 Å². The maximum Gasteiger partial charge on any atom is 0.335 e. The molecule has 0 unspecified atom stereocenters. The van der Waals surface area contributed by atoms with Crippen molar-refractivity contribution in [1.29, 1.82) is 0 Å². The van der Waals surface area contributed by atoms with Crippen LogP contribution >= 0.6 is 0 Å². The van der Waals surface area contributed by atoms with Gasteiger partial charge in [0.05, 0.1) is 18.3 Å². The molecule has 2 aromatic heterocycles. The summed E-state index contributed by atoms with van der Waals surface area (Å²) in [7, 11) is 0. The third-order valence-corrected chi connectivity index (χ3v) is 5.59. The van der Waals surface area contributed by atoms with Crippen LogP contribution in [0.1, 0.15) is 57.6 Å². The van der Waals surface area contributed by atoms with Crippen LogP contribution in [0.5, 0.6) is 5.75 Å². The first kappa shape index (κ1) is 23.6. The fraction of sp³-hybridized carbons (Fsp3) is 0.250. The second-order valence-corrected chi connectivity index (χ2v) is 7.98. The van der Waals surface area contributed by atoms with E-state index in [2.05, 4.69) is 32.5 Å². The van der Waals surface area contributed by atoms with E-state index >= 15 is 0 Å². The summed E-state index contributed by atoms with van der Waals surface area (Å²) in [6.45, 7) is 2.43. The number of aromatic nitrogens is 6. The van der Waals surface area contributed by atoms with Crippen molar-refractivity contribution in [3.63, 3.8) is 0 Å². The number of anilines is 1. The Balaban J connectivity index is 1.70. The normalized spacial score (nSPS) is 10.9. The highest BCUT2D eigenvalue weighted by molar-refractivity contribution is 6.03. The number of amides is 1. The number of nitrogens with zero attached hydrogens (tertiary/aromatic N) is 6. The van der Waals surface area contributed by atoms with Crippen LogP contribution in [0.3, 0.4) is 0 Å². The molecule has 4 rings (SSSR count). The van der Waals surface area contributed by atoms with E-state index in [-0.39, 0.29) is 23.8 Å². The zero-order valence-electron chi connectivity index (χ0n) is 19.1. The summed E-state index contributed by atoms with van der Waals surface area (Å²) >= 11 is 0. The van der Waals surface area contributed by atoms with E-state index in [1.165, 1.54) is 23.2 Å². The number of aromatic amines is 1. The molecule has 0 aliphatic heterocycles. The summed E-state index contributed by atoms with van der Waals surface area (Å²) in [5, 5.41) is 33.3. The standard InChI is InChI=1S/C24H25N7O4/c1-2-3-8-21-25-13-19(30(21)14-16-9-11-17(12-10-16)23(34)35)22(33)31(24-26-28-29-27-24)15-18-6-4-5-7-20(18)32/h4-7,9-13,32H,2-3,8,14-15H2,1H3,(H,34,35)(H,26,27,28,29). The summed E-state index contributed by atoms with van der Waals surface area (Å²) in [6.07, 6.45) is 4.07. The van der Waals surface area contributed by atoms with E-state index in [0.717, 1.165) is 24.2 Å². The number of nitrogens with one attached hydrogen (secondary N) is 1. The number of carboxylic acids is 1. The van der Waals surface area contributed by atoms with Gasteiger partial charge in [-0.3, -0.25) is 9.69 Å². The summed E-state index contributed by atoms with van der Waals surface area (Å²) < 4.78 is 1.83. The number of carbonyl (C=O) groups is 2. The van der Waals surface area contributed by atoms with Crippen molar-refractivity contribution in [3.8, 4) is 5.75 Å². The van der Waals surface area contributed by atoms with Gasteiger partial charge in [0.2, 0.25) is 0 Å². The maximum atomic E-state index is 13.8. The van der Waals surface area contributed by atoms with Gasteiger partial charge in [0.1, 0.15) is 17.3 Å². The van der Waals surface area contributed by atoms with E-state index in [1.54, 1.807) is 36.4 Å². The van der Waals surface area contributed by atoms with Gasteiger partial charge < -0.3 is 14.8 Å². The fourth-order valence-electron chi connectivity index (χ4n) is 3.69. The minimum absolute atomic E-state index is 0.0216. The van der Waals surface area contributed by atoms with Crippen molar-refractivity contribution in [3.05, 3.63) is 82.9 Å². The van der Waals surface area contributed by atoms with Crippen molar-refractivity contribution in [2.45, 2.75) is 39.3 Å². The first-order chi connectivity index (χ1) is 17.0. The van der Waals surface area contributed by atoms with Crippen LogP contribution in [0.4, 0.5) is 5.95 Å². The zero-order valence-corrected chi connectivity index (χ0v) is 19.1. The fourth-order valence-corrected chi connectivity index (χ4v) is 3.69. The van der Waals surface area contributed by atoms with Gasteiger partial charge in [-0.1, -0.05) is 48.8 Å². The molecule has 11 nitrogen and oxygen atoms in total. The van der Waals surface area contributed by atoms with Crippen LogP contribution in [-0.4, -0.2) is 52.3 Å². The van der Waals surface area contributed by atoms with Crippen LogP contribution in [0.25, 0.3) is 0 Å². The average Bonchev–Trinajstić information content (AvgIpc) is 3.53. The Bertz CT molecular complexity index is 1300. The summed E-state index contributed by atoms with van der Waals surface area (Å²) in [5.74, 6) is -0.560. The molecule has 0 atom stereocenters. The van der Waals surface area contributed by atoms with Crippen LogP contribution in [0.15, 0.2) is 54.7 Å². The topological polar surface area (TPSA) is 150 Å². The number of hydrogen-bond donors (Lipinski definition) is 3. The second-order valence-electron chi connectivity index (χ2n) is 7.98. The minimum Gasteiger partial charge on any atom is -0.508 e. The highest BCUT2D eigenvalue weighted by atomic mass is 16.4. The highest BCUT2D eigenvalue weighted by Gasteiger charge is 2.27. The van der Waals surface area contributed by atoms with Gasteiger partial charge in [-0.15, -0.1) is 5.10 Å². The number of aryl methyl sites for hydroxylation is 1. The molecule has 11 heteroatoms. The van der Waals surface area contributed by atoms with Crippen LogP contribution < -0.4 is 4.90 Å². The smallest absolute Gasteiger partial charge is 0.335 e. The third-order valence-electron chi connectivity index (χ3n) is 5.59. The number of imidazole rings is 1. The number of hydrogen-bond acceptors (Lipinski definition) is 7. The molecule has 0 spiro atoms. The molecule has 0 radical (unpaired) electrons. The number of tetrazole rings is 1. The summed E-state index contributed by atoms with van der Waals surface area (Å²) in [6, 6.07) is 13.2. The molecular formula is C24H25N7O4. The van der Waals surface area contributed by atoms with Gasteiger partial charge in [-0.05, 0) is 35.4 Å². The van der Waals surface area contributed by atoms with Crippen LogP contribution in [0, 0.1) is 0 Å². The number of benzene rings is 2. The lowest BCUT2D eigenvalue weighted by Gasteiger charge is -2.20. The Hall–Kier alpha value is -4.54. The SMILES string of the molecule is CCCCc1ncc(C(=O)N(Cc2ccccc2O)c2nn[nH]n2)n1Cc1ccc(C(=O)O)cc1. The zero-order chi connectivity index (χ0) is 24.8. The molecule has 2 aromatic carbocycles. The third kappa shape index (κ3) is 5.35. The van der Waals surface area contributed by atoms with Crippen molar-refractivity contribution in [1.82, 2.24) is 30.2 Å². The molecule has 35 heavy (non-hydrogen) atoms. The molecule has 0 bridgehead atoms. The number of phenols is 1. The van der Waals surface area contributed by atoms with Crippen molar-refractivity contribution in [2.24, 2.45) is 0 Å². The molecule has 0 aliphatic carbocycles. The number of aromatic carboxylic acids is 1. The number of carbonyl (C=O) groups excluding carboxylic acids is 1.